The molecule has 2 N–H and O–H groups in total. The fourth-order valence-corrected chi connectivity index (χ4v) is 2.62. The molecule has 1 aromatic rings. The summed E-state index contributed by atoms with van der Waals surface area (Å²) in [7, 11) is 0. The Morgan fingerprint density at radius 1 is 1.56 bits per heavy atom. The lowest BCUT2D eigenvalue weighted by Gasteiger charge is -2.41. The maximum absolute atomic E-state index is 10.9. The third-order valence-electron chi connectivity index (χ3n) is 3.44. The zero-order chi connectivity index (χ0) is 13.0. The molecule has 0 saturated heterocycles. The van der Waals surface area contributed by atoms with Crippen LogP contribution in [0.15, 0.2) is 17.4 Å². The number of nitrogens with zero attached hydrogens (tertiary/aromatic N) is 2. The average molecular weight is 267 g/mol. The summed E-state index contributed by atoms with van der Waals surface area (Å²) < 4.78 is 0. The maximum Gasteiger partial charge on any atom is 0.303 e. The molecule has 1 aliphatic carbocycles. The number of anilines is 1. The van der Waals surface area contributed by atoms with Crippen molar-refractivity contribution in [3.63, 3.8) is 0 Å². The molecule has 1 aromatic heterocycles. The first-order valence-electron chi connectivity index (χ1n) is 5.95. The summed E-state index contributed by atoms with van der Waals surface area (Å²) in [6, 6.07) is 1.89. The monoisotopic (exact) mass is 267 g/mol. The van der Waals surface area contributed by atoms with E-state index in [2.05, 4.69) is 15.3 Å². The molecule has 0 atom stereocenters. The van der Waals surface area contributed by atoms with Gasteiger partial charge in [-0.1, -0.05) is 6.42 Å². The lowest BCUT2D eigenvalue weighted by molar-refractivity contribution is -0.141. The summed E-state index contributed by atoms with van der Waals surface area (Å²) in [5.41, 5.74) is -0.0870. The Hall–Kier alpha value is -1.30. The van der Waals surface area contributed by atoms with Gasteiger partial charge in [0.1, 0.15) is 17.2 Å². The fourth-order valence-electron chi connectivity index (χ4n) is 2.24. The van der Waals surface area contributed by atoms with E-state index >= 15 is 0 Å². The highest BCUT2D eigenvalue weighted by molar-refractivity contribution is 7.98. The standard InChI is InChI=1S/C12H17N3O2S/c1-18-10-5-9(14-8-15-10)13-7-12(3-2-4-12)6-11(16)17/h5,8H,2-4,6-7H2,1H3,(H,16,17)(H,13,14,15). The predicted molar refractivity (Wildman–Crippen MR) is 70.8 cm³/mol. The van der Waals surface area contributed by atoms with Crippen LogP contribution in [0.3, 0.4) is 0 Å². The molecule has 0 aliphatic heterocycles. The summed E-state index contributed by atoms with van der Waals surface area (Å²) in [5, 5.41) is 13.1. The van der Waals surface area contributed by atoms with Crippen molar-refractivity contribution in [2.24, 2.45) is 5.41 Å². The van der Waals surface area contributed by atoms with E-state index in [1.807, 2.05) is 12.3 Å². The Kier molecular flexibility index (Phi) is 4.06. The fraction of sp³-hybridized carbons (Fsp3) is 0.583. The first kappa shape index (κ1) is 13.1. The normalized spacial score (nSPS) is 16.9. The van der Waals surface area contributed by atoms with Crippen molar-refractivity contribution < 1.29 is 9.90 Å². The van der Waals surface area contributed by atoms with Gasteiger partial charge in [-0.2, -0.15) is 0 Å². The minimum atomic E-state index is -0.719. The predicted octanol–water partition coefficient (Wildman–Crippen LogP) is 2.26. The zero-order valence-electron chi connectivity index (χ0n) is 10.3. The van der Waals surface area contributed by atoms with Gasteiger partial charge in [0.25, 0.3) is 0 Å². The third-order valence-corrected chi connectivity index (χ3v) is 4.08. The summed E-state index contributed by atoms with van der Waals surface area (Å²) in [4.78, 5) is 19.1. The van der Waals surface area contributed by atoms with Crippen LogP contribution >= 0.6 is 11.8 Å². The van der Waals surface area contributed by atoms with Gasteiger partial charge in [-0.05, 0) is 24.5 Å². The number of thioether (sulfide) groups is 1. The second-order valence-electron chi connectivity index (χ2n) is 4.72. The number of aliphatic carboxylic acids is 1. The van der Waals surface area contributed by atoms with Crippen molar-refractivity contribution in [1.82, 2.24) is 9.97 Å². The smallest absolute Gasteiger partial charge is 0.303 e. The SMILES string of the molecule is CSc1cc(NCC2(CC(=O)O)CCC2)ncn1. The van der Waals surface area contributed by atoms with Crippen LogP contribution in [0.5, 0.6) is 0 Å². The highest BCUT2D eigenvalue weighted by Crippen LogP contribution is 2.43. The number of rotatable bonds is 6. The van der Waals surface area contributed by atoms with Crippen molar-refractivity contribution in [3.8, 4) is 0 Å². The molecule has 98 valence electrons. The van der Waals surface area contributed by atoms with E-state index in [0.717, 1.165) is 30.1 Å². The molecule has 18 heavy (non-hydrogen) atoms. The van der Waals surface area contributed by atoms with Gasteiger partial charge >= 0.3 is 5.97 Å². The summed E-state index contributed by atoms with van der Waals surface area (Å²) in [6.07, 6.45) is 6.80. The van der Waals surface area contributed by atoms with E-state index in [9.17, 15) is 4.79 Å². The van der Waals surface area contributed by atoms with E-state index in [4.69, 9.17) is 5.11 Å². The van der Waals surface area contributed by atoms with Crippen LogP contribution in [0, 0.1) is 5.41 Å². The van der Waals surface area contributed by atoms with Gasteiger partial charge in [-0.25, -0.2) is 9.97 Å². The van der Waals surface area contributed by atoms with Gasteiger partial charge in [0.2, 0.25) is 0 Å². The van der Waals surface area contributed by atoms with Crippen molar-refractivity contribution in [2.45, 2.75) is 30.7 Å². The number of hydrogen-bond donors (Lipinski definition) is 2. The largest absolute Gasteiger partial charge is 0.481 e. The molecule has 6 heteroatoms. The van der Waals surface area contributed by atoms with Crippen LogP contribution in [0.25, 0.3) is 0 Å². The summed E-state index contributed by atoms with van der Waals surface area (Å²) in [6.45, 7) is 0.671. The molecule has 1 aliphatic rings. The number of carboxylic acid groups (broad SMARTS) is 1. The van der Waals surface area contributed by atoms with Gasteiger partial charge in [-0.3, -0.25) is 4.79 Å². The van der Waals surface area contributed by atoms with Gasteiger partial charge in [0.05, 0.1) is 6.42 Å². The van der Waals surface area contributed by atoms with E-state index in [-0.39, 0.29) is 11.8 Å². The van der Waals surface area contributed by atoms with Crippen LogP contribution in [-0.2, 0) is 4.79 Å². The molecule has 1 saturated carbocycles. The maximum atomic E-state index is 10.9. The van der Waals surface area contributed by atoms with Crippen LogP contribution in [-0.4, -0.2) is 33.8 Å². The second kappa shape index (κ2) is 5.56. The Morgan fingerprint density at radius 3 is 2.89 bits per heavy atom. The quantitative estimate of drug-likeness (QED) is 0.608. The van der Waals surface area contributed by atoms with E-state index in [1.54, 1.807) is 11.8 Å². The first-order chi connectivity index (χ1) is 8.63. The van der Waals surface area contributed by atoms with Crippen molar-refractivity contribution in [1.29, 1.82) is 0 Å². The van der Waals surface area contributed by atoms with Gasteiger partial charge in [0.15, 0.2) is 0 Å². The van der Waals surface area contributed by atoms with Crippen LogP contribution < -0.4 is 5.32 Å². The van der Waals surface area contributed by atoms with Crippen LogP contribution in [0.4, 0.5) is 5.82 Å². The number of aromatic nitrogens is 2. The lowest BCUT2D eigenvalue weighted by Crippen LogP contribution is -2.38. The molecular weight excluding hydrogens is 250 g/mol. The number of carboxylic acids is 1. The molecule has 0 spiro atoms. The van der Waals surface area contributed by atoms with E-state index < -0.39 is 5.97 Å². The topological polar surface area (TPSA) is 75.1 Å². The highest BCUT2D eigenvalue weighted by Gasteiger charge is 2.38. The number of hydrogen-bond acceptors (Lipinski definition) is 5. The van der Waals surface area contributed by atoms with Crippen molar-refractivity contribution in [2.75, 3.05) is 18.1 Å². The number of carbonyl (C=O) groups is 1. The Morgan fingerprint density at radius 2 is 2.33 bits per heavy atom. The first-order valence-corrected chi connectivity index (χ1v) is 7.18. The molecule has 0 aromatic carbocycles. The molecule has 0 amide bonds. The second-order valence-corrected chi connectivity index (χ2v) is 5.55. The number of nitrogens with one attached hydrogen (secondary N) is 1. The molecule has 2 rings (SSSR count). The molecular formula is C12H17N3O2S. The van der Waals surface area contributed by atoms with Crippen LogP contribution in [0.1, 0.15) is 25.7 Å². The highest BCUT2D eigenvalue weighted by atomic mass is 32.2. The van der Waals surface area contributed by atoms with Gasteiger partial charge in [-0.15, -0.1) is 11.8 Å². The minimum Gasteiger partial charge on any atom is -0.481 e. The van der Waals surface area contributed by atoms with E-state index in [1.165, 1.54) is 6.33 Å². The van der Waals surface area contributed by atoms with Crippen LogP contribution in [0.2, 0.25) is 0 Å². The van der Waals surface area contributed by atoms with Gasteiger partial charge < -0.3 is 10.4 Å². The van der Waals surface area contributed by atoms with E-state index in [0.29, 0.717) is 6.54 Å². The molecule has 0 bridgehead atoms. The van der Waals surface area contributed by atoms with Gasteiger partial charge in [0, 0.05) is 12.6 Å². The minimum absolute atomic E-state index is 0.0870. The van der Waals surface area contributed by atoms with Crippen molar-refractivity contribution >= 4 is 23.5 Å². The zero-order valence-corrected chi connectivity index (χ0v) is 11.2. The third kappa shape index (κ3) is 3.13. The molecule has 1 heterocycles. The Balaban J connectivity index is 1.95. The average Bonchev–Trinajstić information content (AvgIpc) is 2.32. The molecule has 1 fully saturated rings. The molecule has 0 radical (unpaired) electrons. The summed E-state index contributed by atoms with van der Waals surface area (Å²) in [5.74, 6) is 0.0509. The molecule has 0 unspecified atom stereocenters. The molecule has 5 nitrogen and oxygen atoms in total. The van der Waals surface area contributed by atoms with Crippen molar-refractivity contribution in [3.05, 3.63) is 12.4 Å². The Bertz CT molecular complexity index is 435. The Labute approximate surface area is 110 Å². The summed E-state index contributed by atoms with van der Waals surface area (Å²) >= 11 is 1.56. The lowest BCUT2D eigenvalue weighted by atomic mass is 9.66.